The highest BCUT2D eigenvalue weighted by atomic mass is 16.1. The van der Waals surface area contributed by atoms with Gasteiger partial charge in [-0.2, -0.15) is 0 Å². The Hall–Kier alpha value is -2.43. The number of carbonyl (C=O) groups is 1. The lowest BCUT2D eigenvalue weighted by Crippen LogP contribution is -2.33. The second-order valence-electron chi connectivity index (χ2n) is 5.79. The van der Waals surface area contributed by atoms with Gasteiger partial charge in [-0.1, -0.05) is 31.0 Å². The number of benzene rings is 1. The molecule has 0 atom stereocenters. The lowest BCUT2D eigenvalue weighted by Gasteiger charge is -2.21. The Kier molecular flexibility index (Phi) is 4.86. The van der Waals surface area contributed by atoms with Crippen molar-refractivity contribution in [3.8, 4) is 0 Å². The third-order valence-corrected chi connectivity index (χ3v) is 4.22. The minimum absolute atomic E-state index is 0.126. The number of anilines is 2. The van der Waals surface area contributed by atoms with Crippen molar-refractivity contribution in [3.63, 3.8) is 0 Å². The third-order valence-electron chi connectivity index (χ3n) is 4.22. The normalized spacial score (nSPS) is 14.7. The van der Waals surface area contributed by atoms with E-state index in [9.17, 15) is 4.79 Å². The average Bonchev–Trinajstić information content (AvgIpc) is 3.10. The van der Waals surface area contributed by atoms with Crippen molar-refractivity contribution in [1.82, 2.24) is 15.3 Å². The molecule has 1 aliphatic carbocycles. The van der Waals surface area contributed by atoms with Crippen molar-refractivity contribution in [2.75, 3.05) is 11.4 Å². The van der Waals surface area contributed by atoms with Gasteiger partial charge in [0.05, 0.1) is 12.4 Å². The van der Waals surface area contributed by atoms with E-state index < -0.39 is 0 Å². The van der Waals surface area contributed by atoms with Crippen molar-refractivity contribution in [3.05, 3.63) is 48.4 Å². The van der Waals surface area contributed by atoms with Gasteiger partial charge >= 0.3 is 0 Å². The first-order valence-corrected chi connectivity index (χ1v) is 8.23. The molecule has 1 aromatic heterocycles. The minimum Gasteiger partial charge on any atom is -0.348 e. The summed E-state index contributed by atoms with van der Waals surface area (Å²) in [5.74, 6) is 0.620. The molecule has 1 fully saturated rings. The highest BCUT2D eigenvalue weighted by Crippen LogP contribution is 2.22. The third kappa shape index (κ3) is 3.67. The summed E-state index contributed by atoms with van der Waals surface area (Å²) < 4.78 is 0. The van der Waals surface area contributed by atoms with Crippen LogP contribution in [0.3, 0.4) is 0 Å². The second-order valence-corrected chi connectivity index (χ2v) is 5.79. The summed E-state index contributed by atoms with van der Waals surface area (Å²) in [4.78, 5) is 23.0. The van der Waals surface area contributed by atoms with E-state index in [2.05, 4.69) is 27.1 Å². The van der Waals surface area contributed by atoms with Crippen molar-refractivity contribution in [2.45, 2.75) is 38.6 Å². The van der Waals surface area contributed by atoms with E-state index in [4.69, 9.17) is 0 Å². The smallest absolute Gasteiger partial charge is 0.271 e. The van der Waals surface area contributed by atoms with Gasteiger partial charge < -0.3 is 10.2 Å². The van der Waals surface area contributed by atoms with Crippen LogP contribution in [0.15, 0.2) is 42.7 Å². The number of hydrogen-bond donors (Lipinski definition) is 1. The Morgan fingerprint density at radius 3 is 2.52 bits per heavy atom. The van der Waals surface area contributed by atoms with Crippen LogP contribution < -0.4 is 10.2 Å². The van der Waals surface area contributed by atoms with E-state index in [1.165, 1.54) is 12.8 Å². The van der Waals surface area contributed by atoms with Gasteiger partial charge in [-0.25, -0.2) is 9.97 Å². The molecule has 5 nitrogen and oxygen atoms in total. The predicted molar refractivity (Wildman–Crippen MR) is 90.9 cm³/mol. The number of amides is 1. The van der Waals surface area contributed by atoms with Crippen molar-refractivity contribution < 1.29 is 4.79 Å². The van der Waals surface area contributed by atoms with Crippen LogP contribution in [0.5, 0.6) is 0 Å². The Morgan fingerprint density at radius 1 is 1.17 bits per heavy atom. The van der Waals surface area contributed by atoms with Gasteiger partial charge in [-0.3, -0.25) is 4.79 Å². The molecule has 0 aliphatic heterocycles. The monoisotopic (exact) mass is 310 g/mol. The van der Waals surface area contributed by atoms with Crippen LogP contribution in [0.25, 0.3) is 0 Å². The maximum atomic E-state index is 12.2. The van der Waals surface area contributed by atoms with Crippen LogP contribution in [-0.2, 0) is 0 Å². The van der Waals surface area contributed by atoms with Crippen LogP contribution >= 0.6 is 0 Å². The van der Waals surface area contributed by atoms with Gasteiger partial charge in [0, 0.05) is 18.3 Å². The molecule has 1 heterocycles. The van der Waals surface area contributed by atoms with Crippen LogP contribution in [0.4, 0.5) is 11.5 Å². The van der Waals surface area contributed by atoms with Crippen LogP contribution in [-0.4, -0.2) is 28.5 Å². The predicted octanol–water partition coefficient (Wildman–Crippen LogP) is 3.31. The first-order chi connectivity index (χ1) is 11.3. The summed E-state index contributed by atoms with van der Waals surface area (Å²) in [7, 11) is 0. The van der Waals surface area contributed by atoms with Gasteiger partial charge in [-0.15, -0.1) is 0 Å². The second kappa shape index (κ2) is 7.22. The minimum atomic E-state index is -0.126. The molecule has 3 rings (SSSR count). The van der Waals surface area contributed by atoms with Gasteiger partial charge in [0.15, 0.2) is 5.82 Å². The number of hydrogen-bond acceptors (Lipinski definition) is 4. The van der Waals surface area contributed by atoms with E-state index in [-0.39, 0.29) is 5.91 Å². The lowest BCUT2D eigenvalue weighted by molar-refractivity contribution is 0.0932. The Bertz CT molecular complexity index is 636. The summed E-state index contributed by atoms with van der Waals surface area (Å²) in [6.45, 7) is 2.85. The van der Waals surface area contributed by atoms with Crippen molar-refractivity contribution >= 4 is 17.4 Å². The Balaban J connectivity index is 1.71. The fourth-order valence-electron chi connectivity index (χ4n) is 2.99. The fraction of sp³-hybridized carbons (Fsp3) is 0.389. The molecule has 120 valence electrons. The number of rotatable bonds is 5. The Labute approximate surface area is 136 Å². The molecule has 1 N–H and O–H groups in total. The molecule has 23 heavy (non-hydrogen) atoms. The molecule has 0 bridgehead atoms. The van der Waals surface area contributed by atoms with Gasteiger partial charge in [0.2, 0.25) is 0 Å². The summed E-state index contributed by atoms with van der Waals surface area (Å²) >= 11 is 0. The molecule has 5 heteroatoms. The van der Waals surface area contributed by atoms with E-state index in [0.29, 0.717) is 11.7 Å². The number of aromatic nitrogens is 2. The number of nitrogens with zero attached hydrogens (tertiary/aromatic N) is 3. The molecule has 0 spiro atoms. The summed E-state index contributed by atoms with van der Waals surface area (Å²) in [6, 6.07) is 10.3. The largest absolute Gasteiger partial charge is 0.348 e. The molecule has 0 saturated heterocycles. The lowest BCUT2D eigenvalue weighted by atomic mass is 10.2. The van der Waals surface area contributed by atoms with Crippen LogP contribution in [0.2, 0.25) is 0 Å². The molecule has 1 aromatic carbocycles. The van der Waals surface area contributed by atoms with Crippen molar-refractivity contribution in [2.24, 2.45) is 0 Å². The van der Waals surface area contributed by atoms with Crippen LogP contribution in [0.1, 0.15) is 43.1 Å². The zero-order valence-corrected chi connectivity index (χ0v) is 13.4. The Morgan fingerprint density at radius 2 is 1.91 bits per heavy atom. The molecule has 1 aliphatic rings. The van der Waals surface area contributed by atoms with E-state index >= 15 is 0 Å². The molecule has 0 unspecified atom stereocenters. The molecular formula is C18H22N4O. The van der Waals surface area contributed by atoms with Crippen molar-refractivity contribution in [1.29, 1.82) is 0 Å². The first-order valence-electron chi connectivity index (χ1n) is 8.23. The van der Waals surface area contributed by atoms with Crippen LogP contribution in [0, 0.1) is 0 Å². The number of carbonyl (C=O) groups excluding carboxylic acids is 1. The van der Waals surface area contributed by atoms with Gasteiger partial charge in [0.25, 0.3) is 5.91 Å². The highest BCUT2D eigenvalue weighted by molar-refractivity contribution is 5.92. The summed E-state index contributed by atoms with van der Waals surface area (Å²) in [5.41, 5.74) is 1.44. The molecule has 2 aromatic rings. The van der Waals surface area contributed by atoms with E-state index in [1.54, 1.807) is 12.4 Å². The number of nitrogens with one attached hydrogen (secondary N) is 1. The summed E-state index contributed by atoms with van der Waals surface area (Å²) in [6.07, 6.45) is 7.74. The summed E-state index contributed by atoms with van der Waals surface area (Å²) in [5, 5.41) is 3.03. The average molecular weight is 310 g/mol. The SMILES string of the molecule is CCN(c1ccccc1)c1cnc(C(=O)NC2CCCC2)cn1. The van der Waals surface area contributed by atoms with Gasteiger partial charge in [-0.05, 0) is 31.9 Å². The maximum Gasteiger partial charge on any atom is 0.271 e. The quantitative estimate of drug-likeness (QED) is 0.920. The first kappa shape index (κ1) is 15.5. The molecular weight excluding hydrogens is 288 g/mol. The fourth-order valence-corrected chi connectivity index (χ4v) is 2.99. The van der Waals surface area contributed by atoms with E-state index in [0.717, 1.165) is 30.9 Å². The zero-order chi connectivity index (χ0) is 16.1. The van der Waals surface area contributed by atoms with E-state index in [1.807, 2.05) is 30.3 Å². The number of para-hydroxylation sites is 1. The van der Waals surface area contributed by atoms with Gasteiger partial charge in [0.1, 0.15) is 5.69 Å². The highest BCUT2D eigenvalue weighted by Gasteiger charge is 2.19. The zero-order valence-electron chi connectivity index (χ0n) is 13.4. The maximum absolute atomic E-state index is 12.2. The molecule has 0 radical (unpaired) electrons. The molecule has 1 saturated carbocycles. The topological polar surface area (TPSA) is 58.1 Å². The molecule has 1 amide bonds. The standard InChI is InChI=1S/C18H22N4O/c1-2-22(15-10-4-3-5-11-15)17-13-19-16(12-20-17)18(23)21-14-8-6-7-9-14/h3-5,10-14H,2,6-9H2,1H3,(H,21,23).